The van der Waals surface area contributed by atoms with Crippen molar-refractivity contribution in [3.05, 3.63) is 39.7 Å². The molecule has 2 heterocycles. The van der Waals surface area contributed by atoms with E-state index in [0.717, 1.165) is 42.4 Å². The molecule has 0 N–H and O–H groups in total. The fraction of sp³-hybridized carbons (Fsp3) is 0.556. The summed E-state index contributed by atoms with van der Waals surface area (Å²) in [6.45, 7) is 11.1. The molecule has 0 radical (unpaired) electrons. The fourth-order valence-electron chi connectivity index (χ4n) is 2.65. The first kappa shape index (κ1) is 18.7. The molecule has 0 spiro atoms. The number of thiazole rings is 1. The monoisotopic (exact) mass is 349 g/mol. The minimum atomic E-state index is -0.0989. The largest absolute Gasteiger partial charge is 0.456 e. The van der Waals surface area contributed by atoms with Crippen LogP contribution in [0.15, 0.2) is 22.1 Å². The lowest BCUT2D eigenvalue weighted by molar-refractivity contribution is 0.0708. The van der Waals surface area contributed by atoms with Crippen molar-refractivity contribution in [1.82, 2.24) is 14.8 Å². The normalized spacial score (nSPS) is 12.6. The van der Waals surface area contributed by atoms with Crippen LogP contribution in [0, 0.1) is 0 Å². The van der Waals surface area contributed by atoms with E-state index in [1.807, 2.05) is 18.4 Å². The van der Waals surface area contributed by atoms with Gasteiger partial charge >= 0.3 is 0 Å². The molecule has 2 rings (SSSR count). The second-order valence-corrected chi connectivity index (χ2v) is 6.76. The lowest BCUT2D eigenvalue weighted by Crippen LogP contribution is -2.29. The predicted octanol–water partition coefficient (Wildman–Crippen LogP) is 3.97. The summed E-state index contributed by atoms with van der Waals surface area (Å²) in [5, 5.41) is 2.85. The summed E-state index contributed by atoms with van der Waals surface area (Å²) in [6.07, 6.45) is 2.55. The van der Waals surface area contributed by atoms with Crippen molar-refractivity contribution in [2.45, 2.75) is 46.7 Å². The first-order valence-corrected chi connectivity index (χ1v) is 9.40. The molecular weight excluding hydrogens is 322 g/mol. The first-order valence-electron chi connectivity index (χ1n) is 8.52. The van der Waals surface area contributed by atoms with Gasteiger partial charge in [-0.25, -0.2) is 4.98 Å². The van der Waals surface area contributed by atoms with Gasteiger partial charge in [-0.05, 0) is 26.1 Å². The topological polar surface area (TPSA) is 49.6 Å². The molecule has 0 bridgehead atoms. The molecule has 0 aromatic carbocycles. The summed E-state index contributed by atoms with van der Waals surface area (Å²) < 4.78 is 5.87. The lowest BCUT2D eigenvalue weighted by Gasteiger charge is -2.22. The molecular formula is C18H27N3O2S. The molecule has 0 aliphatic rings. The standard InChI is InChI=1S/C18H27N3O2S/c1-6-15-14(12-21(7-2)8-3)11-16(23-15)18(22)20(5)13(4)17-19-9-10-24-17/h9-11,13H,6-8,12H2,1-5H3/t13-/m1/s1. The lowest BCUT2D eigenvalue weighted by atomic mass is 10.2. The van der Waals surface area contributed by atoms with Crippen molar-refractivity contribution >= 4 is 17.2 Å². The van der Waals surface area contributed by atoms with Gasteiger partial charge in [0.05, 0.1) is 6.04 Å². The van der Waals surface area contributed by atoms with E-state index in [4.69, 9.17) is 4.42 Å². The van der Waals surface area contributed by atoms with Crippen LogP contribution >= 0.6 is 11.3 Å². The Morgan fingerprint density at radius 2 is 2.04 bits per heavy atom. The molecule has 2 aromatic heterocycles. The van der Waals surface area contributed by atoms with Crippen LogP contribution in [0.4, 0.5) is 0 Å². The number of rotatable bonds is 8. The van der Waals surface area contributed by atoms with Gasteiger partial charge in [0, 0.05) is 37.2 Å². The van der Waals surface area contributed by atoms with Gasteiger partial charge < -0.3 is 9.32 Å². The van der Waals surface area contributed by atoms with Crippen LogP contribution in [-0.4, -0.2) is 40.8 Å². The van der Waals surface area contributed by atoms with E-state index in [1.54, 1.807) is 29.5 Å². The van der Waals surface area contributed by atoms with Gasteiger partial charge in [-0.1, -0.05) is 20.8 Å². The van der Waals surface area contributed by atoms with E-state index in [2.05, 4.69) is 30.7 Å². The number of aromatic nitrogens is 1. The molecule has 1 amide bonds. The number of nitrogens with zero attached hydrogens (tertiary/aromatic N) is 3. The number of aryl methyl sites for hydroxylation is 1. The predicted molar refractivity (Wildman–Crippen MR) is 97.3 cm³/mol. The Kier molecular flexibility index (Phi) is 6.57. The number of furan rings is 1. The van der Waals surface area contributed by atoms with Gasteiger partial charge in [-0.15, -0.1) is 11.3 Å². The zero-order valence-corrected chi connectivity index (χ0v) is 16.0. The maximum absolute atomic E-state index is 12.8. The Morgan fingerprint density at radius 1 is 1.33 bits per heavy atom. The number of hydrogen-bond acceptors (Lipinski definition) is 5. The Labute approximate surface area is 148 Å². The number of carbonyl (C=O) groups excluding carboxylic acids is 1. The summed E-state index contributed by atoms with van der Waals surface area (Å²) >= 11 is 1.56. The van der Waals surface area contributed by atoms with E-state index in [9.17, 15) is 4.79 Å². The summed E-state index contributed by atoms with van der Waals surface area (Å²) in [4.78, 5) is 21.1. The highest BCUT2D eigenvalue weighted by Crippen LogP contribution is 2.25. The third kappa shape index (κ3) is 4.05. The average molecular weight is 350 g/mol. The van der Waals surface area contributed by atoms with Crippen molar-refractivity contribution < 1.29 is 9.21 Å². The maximum Gasteiger partial charge on any atom is 0.289 e. The number of hydrogen-bond donors (Lipinski definition) is 0. The molecule has 0 unspecified atom stereocenters. The highest BCUT2D eigenvalue weighted by Gasteiger charge is 2.24. The van der Waals surface area contributed by atoms with E-state index in [0.29, 0.717) is 5.76 Å². The fourth-order valence-corrected chi connectivity index (χ4v) is 3.39. The highest BCUT2D eigenvalue weighted by molar-refractivity contribution is 7.09. The molecule has 24 heavy (non-hydrogen) atoms. The zero-order valence-electron chi connectivity index (χ0n) is 15.2. The molecule has 6 heteroatoms. The second-order valence-electron chi connectivity index (χ2n) is 5.84. The van der Waals surface area contributed by atoms with Gasteiger partial charge in [0.1, 0.15) is 10.8 Å². The van der Waals surface area contributed by atoms with Gasteiger partial charge in [-0.2, -0.15) is 0 Å². The van der Waals surface area contributed by atoms with Crippen LogP contribution in [0.1, 0.15) is 60.6 Å². The minimum absolute atomic E-state index is 0.0705. The molecule has 0 saturated heterocycles. The Balaban J connectivity index is 2.18. The molecule has 0 fully saturated rings. The first-order chi connectivity index (χ1) is 11.5. The van der Waals surface area contributed by atoms with Gasteiger partial charge in [0.15, 0.2) is 5.76 Å². The number of amides is 1. The van der Waals surface area contributed by atoms with Crippen LogP contribution in [0.5, 0.6) is 0 Å². The Morgan fingerprint density at radius 3 is 2.58 bits per heavy atom. The Bertz CT molecular complexity index is 647. The smallest absolute Gasteiger partial charge is 0.289 e. The van der Waals surface area contributed by atoms with Crippen molar-refractivity contribution in [3.8, 4) is 0 Å². The number of carbonyl (C=O) groups is 1. The summed E-state index contributed by atoms with van der Waals surface area (Å²) in [5.74, 6) is 1.22. The molecule has 5 nitrogen and oxygen atoms in total. The van der Waals surface area contributed by atoms with Crippen LogP contribution < -0.4 is 0 Å². The van der Waals surface area contributed by atoms with Crippen LogP contribution in [0.3, 0.4) is 0 Å². The van der Waals surface area contributed by atoms with E-state index >= 15 is 0 Å². The average Bonchev–Trinajstić information content (AvgIpc) is 3.27. The van der Waals surface area contributed by atoms with Gasteiger partial charge in [0.25, 0.3) is 5.91 Å². The van der Waals surface area contributed by atoms with Crippen LogP contribution in [-0.2, 0) is 13.0 Å². The Hall–Kier alpha value is -1.66. The van der Waals surface area contributed by atoms with E-state index in [1.165, 1.54) is 0 Å². The van der Waals surface area contributed by atoms with E-state index < -0.39 is 0 Å². The van der Waals surface area contributed by atoms with Crippen LogP contribution in [0.25, 0.3) is 0 Å². The van der Waals surface area contributed by atoms with Crippen LogP contribution in [0.2, 0.25) is 0 Å². The highest BCUT2D eigenvalue weighted by atomic mass is 32.1. The molecule has 0 saturated carbocycles. The minimum Gasteiger partial charge on any atom is -0.456 e. The van der Waals surface area contributed by atoms with Crippen molar-refractivity contribution in [2.24, 2.45) is 0 Å². The quantitative estimate of drug-likeness (QED) is 0.723. The third-order valence-electron chi connectivity index (χ3n) is 4.43. The van der Waals surface area contributed by atoms with Crippen molar-refractivity contribution in [3.63, 3.8) is 0 Å². The maximum atomic E-state index is 12.8. The SMILES string of the molecule is CCc1oc(C(=O)N(C)[C@H](C)c2nccs2)cc1CN(CC)CC. The third-order valence-corrected chi connectivity index (χ3v) is 5.37. The summed E-state index contributed by atoms with van der Waals surface area (Å²) in [5.41, 5.74) is 1.11. The molecule has 2 aromatic rings. The van der Waals surface area contributed by atoms with E-state index in [-0.39, 0.29) is 11.9 Å². The summed E-state index contributed by atoms with van der Waals surface area (Å²) in [6, 6.07) is 1.84. The van der Waals surface area contributed by atoms with Crippen molar-refractivity contribution in [1.29, 1.82) is 0 Å². The molecule has 0 aliphatic heterocycles. The second kappa shape index (κ2) is 8.44. The summed E-state index contributed by atoms with van der Waals surface area (Å²) in [7, 11) is 1.80. The zero-order chi connectivity index (χ0) is 17.7. The molecule has 0 aliphatic carbocycles. The molecule has 1 atom stereocenters. The van der Waals surface area contributed by atoms with Gasteiger partial charge in [-0.3, -0.25) is 9.69 Å². The van der Waals surface area contributed by atoms with Crippen molar-refractivity contribution in [2.75, 3.05) is 20.1 Å². The molecule has 132 valence electrons. The van der Waals surface area contributed by atoms with Gasteiger partial charge in [0.2, 0.25) is 0 Å².